The van der Waals surface area contributed by atoms with Crippen LogP contribution in [-0.4, -0.2) is 32.6 Å². The molecule has 0 aliphatic carbocycles. The molecule has 2 aromatic rings. The van der Waals surface area contributed by atoms with Gasteiger partial charge in [-0.3, -0.25) is 10.1 Å². The summed E-state index contributed by atoms with van der Waals surface area (Å²) in [7, 11) is 0. The lowest BCUT2D eigenvalue weighted by molar-refractivity contribution is -0.117. The van der Waals surface area contributed by atoms with Crippen molar-refractivity contribution < 1.29 is 14.0 Å². The van der Waals surface area contributed by atoms with Gasteiger partial charge in [0.15, 0.2) is 5.82 Å². The van der Waals surface area contributed by atoms with E-state index in [9.17, 15) is 14.0 Å². The molecule has 1 heterocycles. The molecule has 10 heteroatoms. The van der Waals surface area contributed by atoms with Gasteiger partial charge in [0.2, 0.25) is 11.1 Å². The van der Waals surface area contributed by atoms with Crippen LogP contribution in [0.5, 0.6) is 0 Å². The highest BCUT2D eigenvalue weighted by Gasteiger charge is 2.14. The van der Waals surface area contributed by atoms with Crippen molar-refractivity contribution in [1.82, 2.24) is 20.2 Å². The molecule has 8 nitrogen and oxygen atoms in total. The third-order valence-electron chi connectivity index (χ3n) is 2.36. The Kier molecular flexibility index (Phi) is 4.38. The average Bonchev–Trinajstić information content (AvgIpc) is 2.78. The maximum atomic E-state index is 12.9. The molecule has 110 valence electrons. The summed E-state index contributed by atoms with van der Waals surface area (Å²) in [5, 5.41) is 9.89. The van der Waals surface area contributed by atoms with Gasteiger partial charge in [-0.15, -0.1) is 10.2 Å². The monoisotopic (exact) mass is 310 g/mol. The number of nitrogens with zero attached hydrogens (tertiary/aromatic N) is 3. The van der Waals surface area contributed by atoms with Crippen LogP contribution in [0.4, 0.5) is 9.18 Å². The second-order valence-electron chi connectivity index (χ2n) is 3.88. The Hall–Kier alpha value is -2.62. The van der Waals surface area contributed by atoms with Crippen LogP contribution < -0.4 is 16.9 Å². The van der Waals surface area contributed by atoms with Crippen LogP contribution in [0, 0.1) is 5.82 Å². The van der Waals surface area contributed by atoms with Gasteiger partial charge in [-0.05, 0) is 24.3 Å². The number of primary amides is 1. The van der Waals surface area contributed by atoms with E-state index in [2.05, 4.69) is 10.2 Å². The van der Waals surface area contributed by atoms with Crippen LogP contribution in [0.3, 0.4) is 0 Å². The number of halogens is 1. The molecule has 2 rings (SSSR count). The van der Waals surface area contributed by atoms with Crippen molar-refractivity contribution >= 4 is 23.7 Å². The first-order valence-electron chi connectivity index (χ1n) is 5.66. The fourth-order valence-electron chi connectivity index (χ4n) is 1.47. The Morgan fingerprint density at radius 1 is 1.29 bits per heavy atom. The van der Waals surface area contributed by atoms with Gasteiger partial charge in [-0.1, -0.05) is 11.8 Å². The highest BCUT2D eigenvalue weighted by atomic mass is 32.2. The van der Waals surface area contributed by atoms with Crippen molar-refractivity contribution in [2.24, 2.45) is 5.73 Å². The SMILES string of the molecule is NC(=O)NC(=O)CSc1nnc(-c2ccc(F)cc2)n1N. The number of carbonyl (C=O) groups excluding carboxylic acids is 2. The van der Waals surface area contributed by atoms with Crippen molar-refractivity contribution in [3.05, 3.63) is 30.1 Å². The van der Waals surface area contributed by atoms with Crippen LogP contribution >= 0.6 is 11.8 Å². The van der Waals surface area contributed by atoms with E-state index < -0.39 is 11.9 Å². The van der Waals surface area contributed by atoms with E-state index in [4.69, 9.17) is 11.6 Å². The predicted octanol–water partition coefficient (Wildman–Crippen LogP) is 0.0850. The summed E-state index contributed by atoms with van der Waals surface area (Å²) >= 11 is 0.986. The van der Waals surface area contributed by atoms with Gasteiger partial charge in [0.25, 0.3) is 0 Å². The van der Waals surface area contributed by atoms with Crippen molar-refractivity contribution in [1.29, 1.82) is 0 Å². The summed E-state index contributed by atoms with van der Waals surface area (Å²) in [6, 6.07) is 4.64. The summed E-state index contributed by atoms with van der Waals surface area (Å²) < 4.78 is 14.0. The van der Waals surface area contributed by atoms with Crippen LogP contribution in [0.2, 0.25) is 0 Å². The summed E-state index contributed by atoms with van der Waals surface area (Å²) in [5.74, 6) is 5.10. The molecule has 5 N–H and O–H groups in total. The number of rotatable bonds is 4. The van der Waals surface area contributed by atoms with E-state index in [1.54, 1.807) is 0 Å². The third-order valence-corrected chi connectivity index (χ3v) is 3.31. The molecule has 0 atom stereocenters. The number of benzene rings is 1. The fraction of sp³-hybridized carbons (Fsp3) is 0.0909. The fourth-order valence-corrected chi connectivity index (χ4v) is 2.13. The maximum Gasteiger partial charge on any atom is 0.318 e. The first-order chi connectivity index (χ1) is 9.97. The molecule has 0 radical (unpaired) electrons. The molecule has 21 heavy (non-hydrogen) atoms. The molecule has 1 aromatic carbocycles. The van der Waals surface area contributed by atoms with Crippen LogP contribution in [0.15, 0.2) is 29.4 Å². The molecule has 0 unspecified atom stereocenters. The van der Waals surface area contributed by atoms with Crippen LogP contribution in [0.25, 0.3) is 11.4 Å². The molecule has 0 spiro atoms. The maximum absolute atomic E-state index is 12.9. The third kappa shape index (κ3) is 3.69. The van der Waals surface area contributed by atoms with E-state index in [1.807, 2.05) is 5.32 Å². The number of nitrogens with one attached hydrogen (secondary N) is 1. The minimum atomic E-state index is -0.929. The van der Waals surface area contributed by atoms with Crippen molar-refractivity contribution in [3.63, 3.8) is 0 Å². The smallest absolute Gasteiger partial charge is 0.318 e. The molecular formula is C11H11FN6O2S. The Morgan fingerprint density at radius 2 is 1.95 bits per heavy atom. The standard InChI is InChI=1S/C11H11FN6O2S/c12-7-3-1-6(2-4-7)9-16-17-11(18(9)14)21-5-8(19)15-10(13)20/h1-4H,5,14H2,(H3,13,15,19,20). The predicted molar refractivity (Wildman–Crippen MR) is 74.0 cm³/mol. The van der Waals surface area contributed by atoms with Gasteiger partial charge < -0.3 is 11.6 Å². The van der Waals surface area contributed by atoms with E-state index >= 15 is 0 Å². The van der Waals surface area contributed by atoms with Gasteiger partial charge in [0.05, 0.1) is 5.75 Å². The zero-order valence-electron chi connectivity index (χ0n) is 10.6. The molecule has 0 saturated carbocycles. The first-order valence-corrected chi connectivity index (χ1v) is 6.64. The summed E-state index contributed by atoms with van der Waals surface area (Å²) in [6.07, 6.45) is 0. The van der Waals surface area contributed by atoms with Gasteiger partial charge in [-0.2, -0.15) is 0 Å². The molecule has 0 saturated heterocycles. The molecule has 0 aliphatic rings. The van der Waals surface area contributed by atoms with Crippen LogP contribution in [-0.2, 0) is 4.79 Å². The Bertz CT molecular complexity index is 672. The number of imide groups is 1. The average molecular weight is 310 g/mol. The van der Waals surface area contributed by atoms with Crippen LogP contribution in [0.1, 0.15) is 0 Å². The summed E-state index contributed by atoms with van der Waals surface area (Å²) in [6.45, 7) is 0. The molecule has 0 aliphatic heterocycles. The Balaban J connectivity index is 2.08. The lowest BCUT2D eigenvalue weighted by Gasteiger charge is -2.03. The number of thioether (sulfide) groups is 1. The highest BCUT2D eigenvalue weighted by Crippen LogP contribution is 2.21. The number of amides is 3. The zero-order chi connectivity index (χ0) is 15.4. The molecular weight excluding hydrogens is 299 g/mol. The second-order valence-corrected chi connectivity index (χ2v) is 4.83. The lowest BCUT2D eigenvalue weighted by Crippen LogP contribution is -2.36. The minimum Gasteiger partial charge on any atom is -0.351 e. The van der Waals surface area contributed by atoms with E-state index in [-0.39, 0.29) is 16.7 Å². The van der Waals surface area contributed by atoms with Gasteiger partial charge >= 0.3 is 6.03 Å². The van der Waals surface area contributed by atoms with Crippen molar-refractivity contribution in [2.75, 3.05) is 11.6 Å². The number of nitrogens with two attached hydrogens (primary N) is 2. The quantitative estimate of drug-likeness (QED) is 0.542. The molecule has 0 fully saturated rings. The largest absolute Gasteiger partial charge is 0.351 e. The molecule has 0 bridgehead atoms. The van der Waals surface area contributed by atoms with Gasteiger partial charge in [0.1, 0.15) is 5.82 Å². The number of nitrogen functional groups attached to an aromatic ring is 1. The Morgan fingerprint density at radius 3 is 2.57 bits per heavy atom. The summed E-state index contributed by atoms with van der Waals surface area (Å²) in [4.78, 5) is 21.8. The van der Waals surface area contributed by atoms with Gasteiger partial charge in [-0.25, -0.2) is 13.9 Å². The topological polar surface area (TPSA) is 129 Å². The van der Waals surface area contributed by atoms with Crippen molar-refractivity contribution in [3.8, 4) is 11.4 Å². The van der Waals surface area contributed by atoms with E-state index in [1.165, 1.54) is 28.9 Å². The number of hydrogen-bond donors (Lipinski definition) is 3. The zero-order valence-corrected chi connectivity index (χ0v) is 11.4. The number of urea groups is 1. The number of carbonyl (C=O) groups is 2. The molecule has 1 aromatic heterocycles. The van der Waals surface area contributed by atoms with Crippen molar-refractivity contribution in [2.45, 2.75) is 5.16 Å². The van der Waals surface area contributed by atoms with E-state index in [0.717, 1.165) is 11.8 Å². The molecule has 3 amide bonds. The van der Waals surface area contributed by atoms with E-state index in [0.29, 0.717) is 11.4 Å². The normalized spacial score (nSPS) is 10.3. The lowest BCUT2D eigenvalue weighted by atomic mass is 10.2. The Labute approximate surface area is 122 Å². The van der Waals surface area contributed by atoms with Gasteiger partial charge in [0, 0.05) is 5.56 Å². The second kappa shape index (κ2) is 6.22. The first kappa shape index (κ1) is 14.8. The number of aromatic nitrogens is 3. The highest BCUT2D eigenvalue weighted by molar-refractivity contribution is 7.99. The minimum absolute atomic E-state index is 0.0955. The number of hydrogen-bond acceptors (Lipinski definition) is 6. The summed E-state index contributed by atoms with van der Waals surface area (Å²) in [5.41, 5.74) is 5.40.